The number of aliphatic hydroxyl groups is 1. The lowest BCUT2D eigenvalue weighted by atomic mass is 10.1. The molecule has 0 spiro atoms. The summed E-state index contributed by atoms with van der Waals surface area (Å²) in [6.45, 7) is 0.116. The molecular weight excluding hydrogens is 232 g/mol. The van der Waals surface area contributed by atoms with Crippen LogP contribution >= 0.6 is 0 Å². The summed E-state index contributed by atoms with van der Waals surface area (Å²) in [6.07, 6.45) is 2.02. The van der Waals surface area contributed by atoms with E-state index in [1.165, 1.54) is 11.0 Å². The van der Waals surface area contributed by atoms with Crippen molar-refractivity contribution in [2.45, 2.75) is 6.42 Å². The number of aliphatic hydroxyl groups excluding tert-OH is 1. The standard InChI is InChI=1S/C12H14N4O2/c1-16-13-8-11(15-16)12(18)14-10-4-2-9(3-5-10)6-7-17/h2-5,8,17H,6-7H2,1H3,(H,14,18). The summed E-state index contributed by atoms with van der Waals surface area (Å²) < 4.78 is 0. The fraction of sp³-hybridized carbons (Fsp3) is 0.250. The van der Waals surface area contributed by atoms with Crippen LogP contribution in [0.2, 0.25) is 0 Å². The second-order valence-electron chi connectivity index (χ2n) is 3.84. The van der Waals surface area contributed by atoms with Gasteiger partial charge in [-0.15, -0.1) is 5.10 Å². The van der Waals surface area contributed by atoms with Gasteiger partial charge in [-0.2, -0.15) is 9.90 Å². The number of nitrogens with one attached hydrogen (secondary N) is 1. The molecule has 0 bridgehead atoms. The fourth-order valence-corrected chi connectivity index (χ4v) is 1.53. The zero-order valence-electron chi connectivity index (χ0n) is 10.00. The third-order valence-electron chi connectivity index (χ3n) is 2.44. The first-order valence-electron chi connectivity index (χ1n) is 5.56. The Morgan fingerprint density at radius 1 is 1.39 bits per heavy atom. The lowest BCUT2D eigenvalue weighted by molar-refractivity contribution is 0.102. The smallest absolute Gasteiger partial charge is 0.277 e. The van der Waals surface area contributed by atoms with Crippen LogP contribution in [0.25, 0.3) is 0 Å². The molecule has 0 saturated carbocycles. The number of hydrogen-bond acceptors (Lipinski definition) is 4. The van der Waals surface area contributed by atoms with Crippen molar-refractivity contribution >= 4 is 11.6 Å². The highest BCUT2D eigenvalue weighted by Gasteiger charge is 2.09. The minimum Gasteiger partial charge on any atom is -0.396 e. The van der Waals surface area contributed by atoms with E-state index in [-0.39, 0.29) is 18.2 Å². The van der Waals surface area contributed by atoms with Crippen LogP contribution in [0.4, 0.5) is 5.69 Å². The number of rotatable bonds is 4. The molecule has 0 atom stereocenters. The first kappa shape index (κ1) is 12.3. The number of aromatic nitrogens is 3. The van der Waals surface area contributed by atoms with Crippen molar-refractivity contribution in [3.63, 3.8) is 0 Å². The Bertz CT molecular complexity index is 533. The predicted molar refractivity (Wildman–Crippen MR) is 66.2 cm³/mol. The Balaban J connectivity index is 2.03. The summed E-state index contributed by atoms with van der Waals surface area (Å²) in [5.41, 5.74) is 1.99. The molecule has 0 aliphatic rings. The maximum Gasteiger partial charge on any atom is 0.277 e. The Labute approximate surface area is 104 Å². The zero-order chi connectivity index (χ0) is 13.0. The number of benzene rings is 1. The summed E-state index contributed by atoms with van der Waals surface area (Å²) in [4.78, 5) is 13.1. The predicted octanol–water partition coefficient (Wildman–Crippen LogP) is 0.602. The average Bonchev–Trinajstić information content (AvgIpc) is 2.79. The topological polar surface area (TPSA) is 80.0 Å². The molecule has 1 heterocycles. The van der Waals surface area contributed by atoms with Crippen LogP contribution in [0.5, 0.6) is 0 Å². The molecule has 2 aromatic rings. The van der Waals surface area contributed by atoms with E-state index in [2.05, 4.69) is 15.5 Å². The average molecular weight is 246 g/mol. The van der Waals surface area contributed by atoms with Crippen LogP contribution in [-0.4, -0.2) is 32.6 Å². The minimum atomic E-state index is -0.294. The zero-order valence-corrected chi connectivity index (χ0v) is 10.00. The molecule has 0 fully saturated rings. The van der Waals surface area contributed by atoms with E-state index in [1.54, 1.807) is 19.2 Å². The molecule has 0 aliphatic heterocycles. The van der Waals surface area contributed by atoms with Gasteiger partial charge in [0.1, 0.15) is 0 Å². The first-order chi connectivity index (χ1) is 8.69. The van der Waals surface area contributed by atoms with Gasteiger partial charge in [0.15, 0.2) is 5.69 Å². The molecule has 6 heteroatoms. The fourth-order valence-electron chi connectivity index (χ4n) is 1.53. The van der Waals surface area contributed by atoms with Crippen molar-refractivity contribution in [3.05, 3.63) is 41.7 Å². The summed E-state index contributed by atoms with van der Waals surface area (Å²) in [7, 11) is 1.65. The van der Waals surface area contributed by atoms with Crippen molar-refractivity contribution in [3.8, 4) is 0 Å². The molecule has 18 heavy (non-hydrogen) atoms. The van der Waals surface area contributed by atoms with Gasteiger partial charge < -0.3 is 10.4 Å². The molecule has 0 saturated heterocycles. The van der Waals surface area contributed by atoms with E-state index in [0.29, 0.717) is 12.1 Å². The highest BCUT2D eigenvalue weighted by atomic mass is 16.3. The van der Waals surface area contributed by atoms with Crippen molar-refractivity contribution in [2.75, 3.05) is 11.9 Å². The maximum absolute atomic E-state index is 11.8. The van der Waals surface area contributed by atoms with Crippen LogP contribution in [-0.2, 0) is 13.5 Å². The number of carbonyl (C=O) groups excluding carboxylic acids is 1. The van der Waals surface area contributed by atoms with Crippen LogP contribution in [0.15, 0.2) is 30.5 Å². The van der Waals surface area contributed by atoms with Gasteiger partial charge in [0.2, 0.25) is 0 Å². The van der Waals surface area contributed by atoms with Gasteiger partial charge in [-0.05, 0) is 24.1 Å². The van der Waals surface area contributed by atoms with Crippen LogP contribution < -0.4 is 5.32 Å². The van der Waals surface area contributed by atoms with Crippen LogP contribution in [0, 0.1) is 0 Å². The Kier molecular flexibility index (Phi) is 3.69. The molecule has 1 aromatic carbocycles. The molecule has 2 rings (SSSR count). The minimum absolute atomic E-state index is 0.116. The second kappa shape index (κ2) is 5.42. The Morgan fingerprint density at radius 3 is 2.67 bits per heavy atom. The first-order valence-corrected chi connectivity index (χ1v) is 5.56. The van der Waals surface area contributed by atoms with Gasteiger partial charge in [0, 0.05) is 19.3 Å². The van der Waals surface area contributed by atoms with Gasteiger partial charge in [0.05, 0.1) is 6.20 Å². The lowest BCUT2D eigenvalue weighted by Crippen LogP contribution is -2.13. The molecule has 0 aliphatic carbocycles. The van der Waals surface area contributed by atoms with E-state index in [4.69, 9.17) is 5.11 Å². The molecule has 0 radical (unpaired) electrons. The SMILES string of the molecule is Cn1ncc(C(=O)Nc2ccc(CCO)cc2)n1. The van der Waals surface area contributed by atoms with Gasteiger partial charge in [0.25, 0.3) is 5.91 Å². The molecule has 94 valence electrons. The number of anilines is 1. The largest absolute Gasteiger partial charge is 0.396 e. The number of hydrogen-bond donors (Lipinski definition) is 2. The normalized spacial score (nSPS) is 10.3. The van der Waals surface area contributed by atoms with E-state index < -0.39 is 0 Å². The molecule has 2 N–H and O–H groups in total. The third-order valence-corrected chi connectivity index (χ3v) is 2.44. The number of amides is 1. The quantitative estimate of drug-likeness (QED) is 0.828. The second-order valence-corrected chi connectivity index (χ2v) is 3.84. The number of aryl methyl sites for hydroxylation is 1. The number of carbonyl (C=O) groups is 1. The summed E-state index contributed by atoms with van der Waals surface area (Å²) in [5.74, 6) is -0.294. The maximum atomic E-state index is 11.8. The van der Waals surface area contributed by atoms with Crippen molar-refractivity contribution in [1.29, 1.82) is 0 Å². The molecule has 0 unspecified atom stereocenters. The van der Waals surface area contributed by atoms with Crippen molar-refractivity contribution in [1.82, 2.24) is 15.0 Å². The van der Waals surface area contributed by atoms with Crippen molar-refractivity contribution in [2.24, 2.45) is 7.05 Å². The van der Waals surface area contributed by atoms with Crippen LogP contribution in [0.1, 0.15) is 16.1 Å². The summed E-state index contributed by atoms with van der Waals surface area (Å²) in [6, 6.07) is 7.31. The van der Waals surface area contributed by atoms with Gasteiger partial charge in [-0.3, -0.25) is 4.79 Å². The molecule has 1 amide bonds. The highest BCUT2D eigenvalue weighted by Crippen LogP contribution is 2.10. The molecular formula is C12H14N4O2. The Hall–Kier alpha value is -2.21. The third kappa shape index (κ3) is 2.92. The van der Waals surface area contributed by atoms with E-state index >= 15 is 0 Å². The van der Waals surface area contributed by atoms with Gasteiger partial charge in [-0.1, -0.05) is 12.1 Å². The Morgan fingerprint density at radius 2 is 2.11 bits per heavy atom. The van der Waals surface area contributed by atoms with E-state index in [0.717, 1.165) is 5.56 Å². The molecule has 6 nitrogen and oxygen atoms in total. The monoisotopic (exact) mass is 246 g/mol. The van der Waals surface area contributed by atoms with Crippen molar-refractivity contribution < 1.29 is 9.90 Å². The van der Waals surface area contributed by atoms with Gasteiger partial charge >= 0.3 is 0 Å². The van der Waals surface area contributed by atoms with Gasteiger partial charge in [-0.25, -0.2) is 0 Å². The van der Waals surface area contributed by atoms with E-state index in [9.17, 15) is 4.79 Å². The highest BCUT2D eigenvalue weighted by molar-refractivity contribution is 6.02. The van der Waals surface area contributed by atoms with Crippen LogP contribution in [0.3, 0.4) is 0 Å². The summed E-state index contributed by atoms with van der Waals surface area (Å²) >= 11 is 0. The lowest BCUT2D eigenvalue weighted by Gasteiger charge is -2.04. The molecule has 1 aromatic heterocycles. The summed E-state index contributed by atoms with van der Waals surface area (Å²) in [5, 5.41) is 19.3. The van der Waals surface area contributed by atoms with E-state index in [1.807, 2.05) is 12.1 Å². The number of nitrogens with zero attached hydrogens (tertiary/aromatic N) is 3.